The SMILES string of the molecule is O=S(=O)(NCCSCc1ccccc1F)c1cc(F)cc(F)c1. The van der Waals surface area contributed by atoms with Gasteiger partial charge >= 0.3 is 0 Å². The zero-order chi connectivity index (χ0) is 16.9. The fourth-order valence-corrected chi connectivity index (χ4v) is 3.86. The van der Waals surface area contributed by atoms with Gasteiger partial charge in [-0.3, -0.25) is 0 Å². The second-order valence-corrected chi connectivity index (χ2v) is 7.52. The summed E-state index contributed by atoms with van der Waals surface area (Å²) in [6, 6.07) is 8.42. The van der Waals surface area contributed by atoms with Crippen molar-refractivity contribution in [3.05, 3.63) is 65.5 Å². The van der Waals surface area contributed by atoms with Crippen molar-refractivity contribution in [2.24, 2.45) is 0 Å². The Labute approximate surface area is 137 Å². The van der Waals surface area contributed by atoms with E-state index in [0.717, 1.165) is 12.1 Å². The van der Waals surface area contributed by atoms with E-state index in [-0.39, 0.29) is 12.4 Å². The molecule has 0 amide bonds. The predicted molar refractivity (Wildman–Crippen MR) is 84.1 cm³/mol. The van der Waals surface area contributed by atoms with Gasteiger partial charge in [-0.05, 0) is 23.8 Å². The van der Waals surface area contributed by atoms with Crippen molar-refractivity contribution in [3.8, 4) is 0 Å². The lowest BCUT2D eigenvalue weighted by Crippen LogP contribution is -2.26. The summed E-state index contributed by atoms with van der Waals surface area (Å²) in [4.78, 5) is -0.464. The van der Waals surface area contributed by atoms with Crippen LogP contribution >= 0.6 is 11.8 Å². The number of hydrogen-bond acceptors (Lipinski definition) is 3. The Hall–Kier alpha value is -1.51. The summed E-state index contributed by atoms with van der Waals surface area (Å²) in [6.07, 6.45) is 0. The summed E-state index contributed by atoms with van der Waals surface area (Å²) >= 11 is 1.35. The van der Waals surface area contributed by atoms with Crippen LogP contribution < -0.4 is 4.72 Å². The van der Waals surface area contributed by atoms with Crippen LogP contribution in [-0.4, -0.2) is 20.7 Å². The van der Waals surface area contributed by atoms with E-state index in [9.17, 15) is 21.6 Å². The van der Waals surface area contributed by atoms with Crippen LogP contribution in [0.5, 0.6) is 0 Å². The molecular formula is C15H14F3NO2S2. The first-order chi connectivity index (χ1) is 10.9. The van der Waals surface area contributed by atoms with Gasteiger partial charge in [0, 0.05) is 24.1 Å². The Kier molecular flexibility index (Phi) is 6.09. The monoisotopic (exact) mass is 361 g/mol. The zero-order valence-electron chi connectivity index (χ0n) is 11.9. The van der Waals surface area contributed by atoms with Crippen molar-refractivity contribution < 1.29 is 21.6 Å². The molecule has 0 unspecified atom stereocenters. The minimum absolute atomic E-state index is 0.0690. The molecule has 0 atom stereocenters. The van der Waals surface area contributed by atoms with Crippen molar-refractivity contribution in [1.29, 1.82) is 0 Å². The van der Waals surface area contributed by atoms with E-state index in [1.54, 1.807) is 18.2 Å². The molecule has 23 heavy (non-hydrogen) atoms. The van der Waals surface area contributed by atoms with Gasteiger partial charge in [-0.2, -0.15) is 11.8 Å². The molecule has 0 saturated carbocycles. The van der Waals surface area contributed by atoms with Gasteiger partial charge in [0.25, 0.3) is 0 Å². The van der Waals surface area contributed by atoms with Crippen molar-refractivity contribution in [2.75, 3.05) is 12.3 Å². The first-order valence-corrected chi connectivity index (χ1v) is 9.29. The molecule has 2 rings (SSSR count). The van der Waals surface area contributed by atoms with Crippen LogP contribution in [0.3, 0.4) is 0 Å². The highest BCUT2D eigenvalue weighted by Gasteiger charge is 2.15. The van der Waals surface area contributed by atoms with Gasteiger partial charge in [0.15, 0.2) is 0 Å². The van der Waals surface area contributed by atoms with Gasteiger partial charge in [0.1, 0.15) is 17.5 Å². The molecular weight excluding hydrogens is 347 g/mol. The number of sulfonamides is 1. The average Bonchev–Trinajstić information content (AvgIpc) is 2.47. The highest BCUT2D eigenvalue weighted by atomic mass is 32.2. The minimum Gasteiger partial charge on any atom is -0.210 e. The molecule has 124 valence electrons. The normalized spacial score (nSPS) is 11.6. The first kappa shape index (κ1) is 17.8. The van der Waals surface area contributed by atoms with Gasteiger partial charge in [-0.25, -0.2) is 26.3 Å². The summed E-state index contributed by atoms with van der Waals surface area (Å²) < 4.78 is 65.6. The van der Waals surface area contributed by atoms with Gasteiger partial charge in [-0.1, -0.05) is 18.2 Å². The lowest BCUT2D eigenvalue weighted by Gasteiger charge is -2.07. The van der Waals surface area contributed by atoms with E-state index in [1.807, 2.05) is 0 Å². The van der Waals surface area contributed by atoms with Gasteiger partial charge in [0.2, 0.25) is 10.0 Å². The van der Waals surface area contributed by atoms with Crippen LogP contribution in [0.25, 0.3) is 0 Å². The predicted octanol–water partition coefficient (Wildman–Crippen LogP) is 3.32. The Bertz CT molecular complexity index is 762. The Morgan fingerprint density at radius 3 is 2.30 bits per heavy atom. The minimum atomic E-state index is -3.98. The summed E-state index contributed by atoms with van der Waals surface area (Å²) in [5.41, 5.74) is 0.535. The molecule has 0 aliphatic carbocycles. The third kappa shape index (κ3) is 5.26. The number of hydrogen-bond donors (Lipinski definition) is 1. The van der Waals surface area contributed by atoms with E-state index in [1.165, 1.54) is 17.8 Å². The van der Waals surface area contributed by atoms with Crippen molar-refractivity contribution in [2.45, 2.75) is 10.6 Å². The summed E-state index contributed by atoms with van der Waals surface area (Å²) in [6.45, 7) is 0.0690. The topological polar surface area (TPSA) is 46.2 Å². The third-order valence-corrected chi connectivity index (χ3v) is 5.35. The van der Waals surface area contributed by atoms with Crippen LogP contribution in [0, 0.1) is 17.5 Å². The second kappa shape index (κ2) is 7.85. The second-order valence-electron chi connectivity index (χ2n) is 4.65. The molecule has 0 aromatic heterocycles. The van der Waals surface area contributed by atoms with Crippen LogP contribution in [0.4, 0.5) is 13.2 Å². The molecule has 0 bridgehead atoms. The summed E-state index contributed by atoms with van der Waals surface area (Å²) in [5, 5.41) is 0. The van der Waals surface area contributed by atoms with Crippen molar-refractivity contribution in [1.82, 2.24) is 4.72 Å². The number of nitrogens with one attached hydrogen (secondary N) is 1. The number of thioether (sulfide) groups is 1. The fourth-order valence-electron chi connectivity index (χ4n) is 1.81. The van der Waals surface area contributed by atoms with Crippen LogP contribution in [0.1, 0.15) is 5.56 Å². The fraction of sp³-hybridized carbons (Fsp3) is 0.200. The van der Waals surface area contributed by atoms with E-state index < -0.39 is 26.6 Å². The lowest BCUT2D eigenvalue weighted by molar-refractivity contribution is 0.562. The smallest absolute Gasteiger partial charge is 0.210 e. The number of benzene rings is 2. The maximum atomic E-state index is 13.4. The van der Waals surface area contributed by atoms with Gasteiger partial charge in [0.05, 0.1) is 4.90 Å². The molecule has 0 heterocycles. The highest BCUT2D eigenvalue weighted by molar-refractivity contribution is 7.98. The molecule has 8 heteroatoms. The molecule has 3 nitrogen and oxygen atoms in total. The molecule has 0 aliphatic rings. The standard InChI is InChI=1S/C15H14F3NO2S2/c16-12-7-13(17)9-14(8-12)23(20,21)19-5-6-22-10-11-3-1-2-4-15(11)18/h1-4,7-9,19H,5-6,10H2. The Balaban J connectivity index is 1.84. The van der Waals surface area contributed by atoms with Crippen molar-refractivity contribution >= 4 is 21.8 Å². The molecule has 0 spiro atoms. The lowest BCUT2D eigenvalue weighted by atomic mass is 10.2. The number of halogens is 3. The van der Waals surface area contributed by atoms with Gasteiger partial charge in [-0.15, -0.1) is 0 Å². The molecule has 0 fully saturated rings. The Morgan fingerprint density at radius 1 is 1.00 bits per heavy atom. The number of rotatable bonds is 7. The van der Waals surface area contributed by atoms with E-state index >= 15 is 0 Å². The average molecular weight is 361 g/mol. The maximum Gasteiger partial charge on any atom is 0.240 e. The van der Waals surface area contributed by atoms with E-state index in [2.05, 4.69) is 4.72 Å². The molecule has 0 aliphatic heterocycles. The molecule has 1 N–H and O–H groups in total. The zero-order valence-corrected chi connectivity index (χ0v) is 13.6. The van der Waals surface area contributed by atoms with E-state index in [4.69, 9.17) is 0 Å². The highest BCUT2D eigenvalue weighted by Crippen LogP contribution is 2.16. The van der Waals surface area contributed by atoms with E-state index in [0.29, 0.717) is 23.1 Å². The third-order valence-electron chi connectivity index (χ3n) is 2.90. The largest absolute Gasteiger partial charge is 0.240 e. The van der Waals surface area contributed by atoms with Crippen LogP contribution in [0.2, 0.25) is 0 Å². The quantitative estimate of drug-likeness (QED) is 0.770. The summed E-state index contributed by atoms with van der Waals surface area (Å²) in [5.74, 6) is -1.43. The molecule has 0 radical (unpaired) electrons. The molecule has 2 aromatic carbocycles. The maximum absolute atomic E-state index is 13.4. The van der Waals surface area contributed by atoms with Gasteiger partial charge < -0.3 is 0 Å². The Morgan fingerprint density at radius 2 is 1.65 bits per heavy atom. The summed E-state index contributed by atoms with van der Waals surface area (Å²) in [7, 11) is -3.98. The molecule has 2 aromatic rings. The van der Waals surface area contributed by atoms with Crippen molar-refractivity contribution in [3.63, 3.8) is 0 Å². The van der Waals surface area contributed by atoms with Crippen LogP contribution in [0.15, 0.2) is 47.4 Å². The molecule has 0 saturated heterocycles. The first-order valence-electron chi connectivity index (χ1n) is 6.65. The van der Waals surface area contributed by atoms with Crippen LogP contribution in [-0.2, 0) is 15.8 Å².